The lowest BCUT2D eigenvalue weighted by molar-refractivity contribution is 0.661. The van der Waals surface area contributed by atoms with E-state index in [1.165, 1.54) is 76.8 Å². The van der Waals surface area contributed by atoms with Crippen LogP contribution in [0.15, 0.2) is 182 Å². The Kier molecular flexibility index (Phi) is 6.93. The van der Waals surface area contributed by atoms with E-state index in [4.69, 9.17) is 9.97 Å². The zero-order valence-corrected chi connectivity index (χ0v) is 30.7. The number of benzene rings is 9. The van der Waals surface area contributed by atoms with Crippen molar-refractivity contribution in [2.45, 2.75) is 19.3 Å². The minimum Gasteiger partial charge on any atom is -0.228 e. The minimum atomic E-state index is -0.203. The van der Waals surface area contributed by atoms with E-state index in [-0.39, 0.29) is 5.41 Å². The van der Waals surface area contributed by atoms with Crippen LogP contribution in [0, 0.1) is 0 Å². The maximum atomic E-state index is 5.19. The minimum absolute atomic E-state index is 0.203. The largest absolute Gasteiger partial charge is 0.228 e. The van der Waals surface area contributed by atoms with Crippen molar-refractivity contribution in [2.24, 2.45) is 0 Å². The SMILES string of the molecule is CC1(C)c2cc(-c3cc(-c4ccc(-c5ccccc5)cc4)nc(-c4ccccc4)n3)ccc2-c2ccc(-c3ccc4ccc5cccc6ccc3c4c56)cc21. The Hall–Kier alpha value is -6.90. The summed E-state index contributed by atoms with van der Waals surface area (Å²) < 4.78 is 0. The molecule has 0 bridgehead atoms. The van der Waals surface area contributed by atoms with Crippen molar-refractivity contribution in [3.63, 3.8) is 0 Å². The first kappa shape index (κ1) is 31.6. The van der Waals surface area contributed by atoms with Crippen molar-refractivity contribution in [3.8, 4) is 67.3 Å². The second kappa shape index (κ2) is 12.1. The van der Waals surface area contributed by atoms with Gasteiger partial charge < -0.3 is 0 Å². The monoisotopic (exact) mass is 700 g/mol. The second-order valence-electron chi connectivity index (χ2n) is 15.4. The first-order valence-electron chi connectivity index (χ1n) is 19.1. The highest BCUT2D eigenvalue weighted by molar-refractivity contribution is 6.25. The van der Waals surface area contributed by atoms with Crippen molar-refractivity contribution < 1.29 is 0 Å². The Morgan fingerprint density at radius 1 is 0.345 bits per heavy atom. The fourth-order valence-corrected chi connectivity index (χ4v) is 8.97. The smallest absolute Gasteiger partial charge is 0.160 e. The lowest BCUT2D eigenvalue weighted by Gasteiger charge is -2.23. The normalized spacial score (nSPS) is 13.1. The van der Waals surface area contributed by atoms with Gasteiger partial charge in [-0.15, -0.1) is 0 Å². The van der Waals surface area contributed by atoms with E-state index < -0.39 is 0 Å². The average Bonchev–Trinajstić information content (AvgIpc) is 3.48. The summed E-state index contributed by atoms with van der Waals surface area (Å²) in [6, 6.07) is 66.0. The highest BCUT2D eigenvalue weighted by Crippen LogP contribution is 2.51. The third-order valence-electron chi connectivity index (χ3n) is 11.9. The van der Waals surface area contributed by atoms with Crippen LogP contribution in [0.4, 0.5) is 0 Å². The van der Waals surface area contributed by atoms with Gasteiger partial charge in [0, 0.05) is 22.1 Å². The molecule has 1 aliphatic carbocycles. The molecule has 1 aromatic heterocycles. The average molecular weight is 701 g/mol. The molecule has 0 radical (unpaired) electrons. The van der Waals surface area contributed by atoms with Crippen LogP contribution in [-0.2, 0) is 5.41 Å². The third kappa shape index (κ3) is 5.02. The van der Waals surface area contributed by atoms with Crippen molar-refractivity contribution in [3.05, 3.63) is 193 Å². The summed E-state index contributed by atoms with van der Waals surface area (Å²) in [5.41, 5.74) is 15.0. The molecule has 258 valence electrons. The number of rotatable bonds is 5. The summed E-state index contributed by atoms with van der Waals surface area (Å²) >= 11 is 0. The van der Waals surface area contributed by atoms with Gasteiger partial charge in [0.25, 0.3) is 0 Å². The Balaban J connectivity index is 1.00. The van der Waals surface area contributed by atoms with E-state index in [0.29, 0.717) is 0 Å². The molecule has 10 aromatic rings. The molecule has 0 atom stereocenters. The Morgan fingerprint density at radius 3 is 1.53 bits per heavy atom. The fourth-order valence-electron chi connectivity index (χ4n) is 8.97. The van der Waals surface area contributed by atoms with Gasteiger partial charge in [-0.05, 0) is 95.0 Å². The molecule has 11 rings (SSSR count). The molecule has 0 unspecified atom stereocenters. The molecule has 0 spiro atoms. The molecule has 0 fully saturated rings. The van der Waals surface area contributed by atoms with Crippen LogP contribution < -0.4 is 0 Å². The fraction of sp³-hybridized carbons (Fsp3) is 0.0566. The van der Waals surface area contributed by atoms with Crippen LogP contribution in [0.3, 0.4) is 0 Å². The molecule has 2 nitrogen and oxygen atoms in total. The molecule has 2 heteroatoms. The third-order valence-corrected chi connectivity index (χ3v) is 11.9. The van der Waals surface area contributed by atoms with E-state index in [9.17, 15) is 0 Å². The van der Waals surface area contributed by atoms with Gasteiger partial charge in [-0.25, -0.2) is 9.97 Å². The number of hydrogen-bond acceptors (Lipinski definition) is 2. The summed E-state index contributed by atoms with van der Waals surface area (Å²) in [6.07, 6.45) is 0. The zero-order valence-electron chi connectivity index (χ0n) is 30.7. The standard InChI is InChI=1S/C53H36N2/c1-53(2)46-30-40(42-26-22-38-21-20-36-14-9-15-37-23-29-45(42)51(38)50(36)37)24-27-43(46)44-28-25-41(31-47(44)53)49-32-48(54-52(55-49)39-12-7-4-8-13-39)35-18-16-34(17-19-35)33-10-5-3-6-11-33/h3-32H,1-2H3. The number of fused-ring (bicyclic) bond motifs is 3. The predicted molar refractivity (Wildman–Crippen MR) is 230 cm³/mol. The summed E-state index contributed by atoms with van der Waals surface area (Å²) in [5.74, 6) is 0.723. The topological polar surface area (TPSA) is 25.8 Å². The lowest BCUT2D eigenvalue weighted by Crippen LogP contribution is -2.15. The molecular formula is C53H36N2. The van der Waals surface area contributed by atoms with E-state index in [1.54, 1.807) is 0 Å². The molecule has 0 aliphatic heterocycles. The Bertz CT molecular complexity index is 3070. The maximum absolute atomic E-state index is 5.19. The molecule has 0 amide bonds. The second-order valence-corrected chi connectivity index (χ2v) is 15.4. The zero-order chi connectivity index (χ0) is 36.7. The quantitative estimate of drug-likeness (QED) is 0.167. The summed E-state index contributed by atoms with van der Waals surface area (Å²) in [6.45, 7) is 4.73. The number of aromatic nitrogens is 2. The highest BCUT2D eigenvalue weighted by Gasteiger charge is 2.36. The Morgan fingerprint density at radius 2 is 0.836 bits per heavy atom. The Labute approximate surface area is 320 Å². The molecule has 55 heavy (non-hydrogen) atoms. The van der Waals surface area contributed by atoms with Gasteiger partial charge in [-0.3, -0.25) is 0 Å². The van der Waals surface area contributed by atoms with Crippen LogP contribution in [0.5, 0.6) is 0 Å². The van der Waals surface area contributed by atoms with E-state index in [1.807, 2.05) is 18.2 Å². The number of hydrogen-bond donors (Lipinski definition) is 0. The molecular weight excluding hydrogens is 665 g/mol. The summed E-state index contributed by atoms with van der Waals surface area (Å²) in [7, 11) is 0. The number of nitrogens with zero attached hydrogens (tertiary/aromatic N) is 2. The first-order valence-corrected chi connectivity index (χ1v) is 19.1. The van der Waals surface area contributed by atoms with Crippen LogP contribution in [-0.4, -0.2) is 9.97 Å². The van der Waals surface area contributed by atoms with Crippen molar-refractivity contribution in [1.82, 2.24) is 9.97 Å². The van der Waals surface area contributed by atoms with Crippen molar-refractivity contribution >= 4 is 32.3 Å². The van der Waals surface area contributed by atoms with Crippen LogP contribution in [0.2, 0.25) is 0 Å². The first-order chi connectivity index (χ1) is 27.0. The van der Waals surface area contributed by atoms with Gasteiger partial charge in [-0.2, -0.15) is 0 Å². The van der Waals surface area contributed by atoms with E-state index in [0.717, 1.165) is 33.9 Å². The summed E-state index contributed by atoms with van der Waals surface area (Å²) in [5, 5.41) is 7.89. The molecule has 1 aliphatic rings. The van der Waals surface area contributed by atoms with Crippen molar-refractivity contribution in [2.75, 3.05) is 0 Å². The van der Waals surface area contributed by atoms with E-state index >= 15 is 0 Å². The van der Waals surface area contributed by atoms with Gasteiger partial charge in [0.1, 0.15) is 0 Å². The lowest BCUT2D eigenvalue weighted by atomic mass is 9.80. The predicted octanol–water partition coefficient (Wildman–Crippen LogP) is 14.0. The molecule has 1 heterocycles. The van der Waals surface area contributed by atoms with Crippen LogP contribution in [0.25, 0.3) is 99.6 Å². The summed E-state index contributed by atoms with van der Waals surface area (Å²) in [4.78, 5) is 10.3. The van der Waals surface area contributed by atoms with Gasteiger partial charge >= 0.3 is 0 Å². The molecule has 0 saturated heterocycles. The van der Waals surface area contributed by atoms with Gasteiger partial charge in [-0.1, -0.05) is 178 Å². The van der Waals surface area contributed by atoms with E-state index in [2.05, 4.69) is 178 Å². The molecule has 0 N–H and O–H groups in total. The van der Waals surface area contributed by atoms with Gasteiger partial charge in [0.15, 0.2) is 5.82 Å². The van der Waals surface area contributed by atoms with Crippen LogP contribution >= 0.6 is 0 Å². The highest BCUT2D eigenvalue weighted by atomic mass is 14.9. The molecule has 9 aromatic carbocycles. The van der Waals surface area contributed by atoms with Crippen molar-refractivity contribution in [1.29, 1.82) is 0 Å². The molecule has 0 saturated carbocycles. The maximum Gasteiger partial charge on any atom is 0.160 e. The van der Waals surface area contributed by atoms with Crippen LogP contribution in [0.1, 0.15) is 25.0 Å². The van der Waals surface area contributed by atoms with Gasteiger partial charge in [0.05, 0.1) is 11.4 Å². The van der Waals surface area contributed by atoms with Gasteiger partial charge in [0.2, 0.25) is 0 Å².